The number of nitrogens with zero attached hydrogens (tertiary/aromatic N) is 2. The maximum atomic E-state index is 12.8. The number of hydrogen-bond donors (Lipinski definition) is 1. The highest BCUT2D eigenvalue weighted by molar-refractivity contribution is 6.07. The number of amides is 2. The van der Waals surface area contributed by atoms with Gasteiger partial charge in [-0.05, 0) is 30.0 Å². The van der Waals surface area contributed by atoms with Gasteiger partial charge in [-0.15, -0.1) is 0 Å². The van der Waals surface area contributed by atoms with Crippen LogP contribution in [0.1, 0.15) is 64.6 Å². The van der Waals surface area contributed by atoms with Crippen LogP contribution in [0.4, 0.5) is 11.6 Å². The molecule has 6 nitrogen and oxygen atoms in total. The molecule has 1 aromatic carbocycles. The first-order valence-corrected chi connectivity index (χ1v) is 9.37. The lowest BCUT2D eigenvalue weighted by Crippen LogP contribution is -2.41. The lowest BCUT2D eigenvalue weighted by molar-refractivity contribution is -0.120. The highest BCUT2D eigenvalue weighted by atomic mass is 16.5. The maximum absolute atomic E-state index is 12.8. The Morgan fingerprint density at radius 1 is 1.26 bits per heavy atom. The average Bonchev–Trinajstić information content (AvgIpc) is 3.21. The van der Waals surface area contributed by atoms with E-state index in [9.17, 15) is 9.59 Å². The van der Waals surface area contributed by atoms with Crippen LogP contribution in [0.15, 0.2) is 34.9 Å². The van der Waals surface area contributed by atoms with Crippen molar-refractivity contribution in [3.05, 3.63) is 41.6 Å². The van der Waals surface area contributed by atoms with E-state index in [1.54, 1.807) is 11.0 Å². The van der Waals surface area contributed by atoms with Crippen LogP contribution in [0.2, 0.25) is 0 Å². The van der Waals surface area contributed by atoms with Crippen molar-refractivity contribution in [1.82, 2.24) is 5.16 Å². The van der Waals surface area contributed by atoms with E-state index < -0.39 is 6.04 Å². The topological polar surface area (TPSA) is 75.4 Å². The summed E-state index contributed by atoms with van der Waals surface area (Å²) in [7, 11) is 0. The molecule has 2 amide bonds. The normalized spacial score (nSPS) is 17.6. The molecule has 1 aromatic heterocycles. The Morgan fingerprint density at radius 2 is 1.93 bits per heavy atom. The Balaban J connectivity index is 1.77. The minimum absolute atomic E-state index is 0.0413. The van der Waals surface area contributed by atoms with Crippen molar-refractivity contribution >= 4 is 23.4 Å². The van der Waals surface area contributed by atoms with Crippen LogP contribution in [-0.2, 0) is 15.0 Å². The second kappa shape index (κ2) is 7.18. The largest absolute Gasteiger partial charge is 0.338 e. The lowest BCUT2D eigenvalue weighted by atomic mass is 9.92. The summed E-state index contributed by atoms with van der Waals surface area (Å²) in [5.41, 5.74) is 2.54. The van der Waals surface area contributed by atoms with E-state index in [4.69, 9.17) is 4.52 Å². The minimum Gasteiger partial charge on any atom is -0.338 e. The predicted octanol–water partition coefficient (Wildman–Crippen LogP) is 4.23. The highest BCUT2D eigenvalue weighted by Crippen LogP contribution is 2.29. The molecule has 0 radical (unpaired) electrons. The number of carbonyl (C=O) groups is 2. The predicted molar refractivity (Wildman–Crippen MR) is 105 cm³/mol. The first-order chi connectivity index (χ1) is 12.7. The van der Waals surface area contributed by atoms with Crippen molar-refractivity contribution in [1.29, 1.82) is 0 Å². The minimum atomic E-state index is -0.550. The van der Waals surface area contributed by atoms with Crippen molar-refractivity contribution in [2.45, 2.75) is 64.8 Å². The number of rotatable bonds is 4. The number of carbonyl (C=O) groups excluding carboxylic acids is 2. The molecule has 0 unspecified atom stereocenters. The summed E-state index contributed by atoms with van der Waals surface area (Å²) in [6.45, 7) is 10.3. The third-order valence-electron chi connectivity index (χ3n) is 4.88. The van der Waals surface area contributed by atoms with Crippen LogP contribution in [0.5, 0.6) is 0 Å². The van der Waals surface area contributed by atoms with Crippen LogP contribution in [0, 0.1) is 0 Å². The van der Waals surface area contributed by atoms with Gasteiger partial charge in [0.15, 0.2) is 0 Å². The van der Waals surface area contributed by atoms with Gasteiger partial charge in [-0.3, -0.25) is 19.8 Å². The smallest absolute Gasteiger partial charge is 0.249 e. The molecule has 1 saturated heterocycles. The quantitative estimate of drug-likeness (QED) is 0.875. The van der Waals surface area contributed by atoms with Gasteiger partial charge in [-0.2, -0.15) is 0 Å². The summed E-state index contributed by atoms with van der Waals surface area (Å²) < 4.78 is 5.25. The standard InChI is InChI=1S/C21H27N3O3/c1-13(2)14-6-8-15(9-7-14)24-16(10-11-19(24)25)20(26)22-18-12-17(23-27-18)21(3,4)5/h6-9,12-13,16H,10-11H2,1-5H3,(H,22,26)/t16-/m0/s1. The molecule has 0 saturated carbocycles. The summed E-state index contributed by atoms with van der Waals surface area (Å²) in [5.74, 6) is 0.418. The van der Waals surface area contributed by atoms with Gasteiger partial charge in [0.1, 0.15) is 6.04 Å². The fourth-order valence-corrected chi connectivity index (χ4v) is 3.17. The van der Waals surface area contributed by atoms with E-state index in [1.165, 1.54) is 5.56 Å². The fourth-order valence-electron chi connectivity index (χ4n) is 3.17. The number of anilines is 2. The molecular weight excluding hydrogens is 342 g/mol. The molecule has 2 heterocycles. The van der Waals surface area contributed by atoms with Gasteiger partial charge in [0.05, 0.1) is 5.69 Å². The Morgan fingerprint density at radius 3 is 2.48 bits per heavy atom. The van der Waals surface area contributed by atoms with Gasteiger partial charge in [0.25, 0.3) is 0 Å². The van der Waals surface area contributed by atoms with Gasteiger partial charge in [-0.25, -0.2) is 0 Å². The van der Waals surface area contributed by atoms with Gasteiger partial charge in [0.2, 0.25) is 17.7 Å². The van der Waals surface area contributed by atoms with E-state index in [1.807, 2.05) is 45.0 Å². The number of hydrogen-bond acceptors (Lipinski definition) is 4. The van der Waals surface area contributed by atoms with Crippen molar-refractivity contribution < 1.29 is 14.1 Å². The Hall–Kier alpha value is -2.63. The van der Waals surface area contributed by atoms with Crippen LogP contribution in [-0.4, -0.2) is 23.0 Å². The van der Waals surface area contributed by atoms with Gasteiger partial charge < -0.3 is 4.52 Å². The first kappa shape index (κ1) is 19.1. The Kier molecular flexibility index (Phi) is 5.09. The maximum Gasteiger partial charge on any atom is 0.249 e. The third-order valence-corrected chi connectivity index (χ3v) is 4.88. The molecule has 1 aliphatic heterocycles. The van der Waals surface area contributed by atoms with Crippen molar-refractivity contribution in [2.24, 2.45) is 0 Å². The van der Waals surface area contributed by atoms with Crippen LogP contribution >= 0.6 is 0 Å². The number of nitrogens with one attached hydrogen (secondary N) is 1. The molecule has 2 aromatic rings. The van der Waals surface area contributed by atoms with E-state index in [2.05, 4.69) is 24.3 Å². The second-order valence-corrected chi connectivity index (χ2v) is 8.38. The number of benzene rings is 1. The third kappa shape index (κ3) is 4.04. The van der Waals surface area contributed by atoms with E-state index >= 15 is 0 Å². The van der Waals surface area contributed by atoms with Gasteiger partial charge >= 0.3 is 0 Å². The lowest BCUT2D eigenvalue weighted by Gasteiger charge is -2.24. The van der Waals surface area contributed by atoms with Crippen LogP contribution in [0.25, 0.3) is 0 Å². The van der Waals surface area contributed by atoms with Crippen molar-refractivity contribution in [3.8, 4) is 0 Å². The summed E-state index contributed by atoms with van der Waals surface area (Å²) in [6, 6.07) is 9.01. The summed E-state index contributed by atoms with van der Waals surface area (Å²) >= 11 is 0. The second-order valence-electron chi connectivity index (χ2n) is 8.38. The molecule has 144 valence electrons. The number of aromatic nitrogens is 1. The molecule has 6 heteroatoms. The summed E-state index contributed by atoms with van der Waals surface area (Å²) in [4.78, 5) is 26.8. The monoisotopic (exact) mass is 369 g/mol. The molecule has 0 aliphatic carbocycles. The molecule has 1 N–H and O–H groups in total. The van der Waals surface area contributed by atoms with E-state index in [0.717, 1.165) is 11.4 Å². The molecule has 1 fully saturated rings. The zero-order valence-corrected chi connectivity index (χ0v) is 16.6. The molecule has 0 bridgehead atoms. The van der Waals surface area contributed by atoms with E-state index in [-0.39, 0.29) is 17.2 Å². The summed E-state index contributed by atoms with van der Waals surface area (Å²) in [5, 5.41) is 6.78. The molecule has 1 atom stereocenters. The van der Waals surface area contributed by atoms with Crippen LogP contribution in [0.3, 0.4) is 0 Å². The van der Waals surface area contributed by atoms with Gasteiger partial charge in [-0.1, -0.05) is 51.9 Å². The van der Waals surface area contributed by atoms with Gasteiger partial charge in [0, 0.05) is 23.6 Å². The molecule has 0 spiro atoms. The Bertz CT molecular complexity index is 831. The molecular formula is C21H27N3O3. The molecule has 27 heavy (non-hydrogen) atoms. The fraction of sp³-hybridized carbons (Fsp3) is 0.476. The first-order valence-electron chi connectivity index (χ1n) is 9.37. The average molecular weight is 369 g/mol. The summed E-state index contributed by atoms with van der Waals surface area (Å²) in [6.07, 6.45) is 0.838. The van der Waals surface area contributed by atoms with Crippen molar-refractivity contribution in [2.75, 3.05) is 10.2 Å². The zero-order chi connectivity index (χ0) is 19.8. The zero-order valence-electron chi connectivity index (χ0n) is 16.6. The highest BCUT2D eigenvalue weighted by Gasteiger charge is 2.37. The van der Waals surface area contributed by atoms with Crippen LogP contribution < -0.4 is 10.2 Å². The molecule has 3 rings (SSSR count). The van der Waals surface area contributed by atoms with E-state index in [0.29, 0.717) is 24.6 Å². The molecule has 1 aliphatic rings. The van der Waals surface area contributed by atoms with Crippen molar-refractivity contribution in [3.63, 3.8) is 0 Å². The Labute approximate surface area is 159 Å². The SMILES string of the molecule is CC(C)c1ccc(N2C(=O)CC[C@H]2C(=O)Nc2cc(C(C)(C)C)no2)cc1.